The summed E-state index contributed by atoms with van der Waals surface area (Å²) in [5.41, 5.74) is 5.15. The van der Waals surface area contributed by atoms with Crippen molar-refractivity contribution in [2.24, 2.45) is 11.7 Å². The van der Waals surface area contributed by atoms with Gasteiger partial charge >= 0.3 is 0 Å². The molecule has 43 heavy (non-hydrogen) atoms. The number of hydrogen-bond acceptors (Lipinski definition) is 5. The predicted molar refractivity (Wildman–Crippen MR) is 166 cm³/mol. The van der Waals surface area contributed by atoms with Gasteiger partial charge < -0.3 is 25.6 Å². The summed E-state index contributed by atoms with van der Waals surface area (Å²) < 4.78 is 42.3. The minimum absolute atomic E-state index is 0.0115. The van der Waals surface area contributed by atoms with Crippen molar-refractivity contribution in [3.05, 3.63) is 81.9 Å². The SMILES string of the molecule is CNC1CCC(C)CC1.C[C@H]1c2c(cc(F)c(Cl)c2-c2c(C(N)=O)ccc(OCC(C)(C)O)c2F)OC1c1ccccc1. The van der Waals surface area contributed by atoms with Gasteiger partial charge in [0.05, 0.1) is 16.2 Å². The van der Waals surface area contributed by atoms with Crippen molar-refractivity contribution in [1.29, 1.82) is 0 Å². The van der Waals surface area contributed by atoms with Gasteiger partial charge in [0, 0.05) is 34.7 Å². The number of carbonyl (C=O) groups is 1. The lowest BCUT2D eigenvalue weighted by molar-refractivity contribution is 0.0272. The molecule has 2 atom stereocenters. The summed E-state index contributed by atoms with van der Waals surface area (Å²) in [7, 11) is 2.07. The standard InChI is InChI=1S/C26H24ClF2NO4.C8H17N/c1-13-19-18(34-24(13)14-7-5-4-6-8-14)11-16(28)22(27)21(19)20-15(25(30)31)9-10-17(23(20)29)33-12-26(2,3)32;1-7-3-5-8(9-2)6-4-7/h4-11,13,24,32H,12H2,1-3H3,(H2,30,31);7-9H,3-6H2,1-2H3/t13-,24?;/m0./s1. The van der Waals surface area contributed by atoms with E-state index in [1.54, 1.807) is 0 Å². The van der Waals surface area contributed by atoms with E-state index in [9.17, 15) is 14.3 Å². The Morgan fingerprint density at radius 3 is 2.33 bits per heavy atom. The normalized spacial score (nSPS) is 21.3. The van der Waals surface area contributed by atoms with E-state index in [0.717, 1.165) is 23.6 Å². The summed E-state index contributed by atoms with van der Waals surface area (Å²) in [6.45, 7) is 7.00. The summed E-state index contributed by atoms with van der Waals surface area (Å²) in [6, 6.07) is 13.9. The number of fused-ring (bicyclic) bond motifs is 1. The van der Waals surface area contributed by atoms with Crippen LogP contribution in [0.4, 0.5) is 8.78 Å². The zero-order valence-electron chi connectivity index (χ0n) is 25.3. The number of carbonyl (C=O) groups excluding carboxylic acids is 1. The van der Waals surface area contributed by atoms with E-state index in [4.69, 9.17) is 26.8 Å². The smallest absolute Gasteiger partial charge is 0.249 e. The molecule has 1 aliphatic heterocycles. The number of hydrogen-bond donors (Lipinski definition) is 3. The van der Waals surface area contributed by atoms with Gasteiger partial charge in [-0.1, -0.05) is 55.8 Å². The number of aliphatic hydroxyl groups is 1. The molecule has 0 saturated heterocycles. The fraction of sp³-hybridized carbons (Fsp3) is 0.441. The van der Waals surface area contributed by atoms with Crippen LogP contribution in [0.1, 0.15) is 86.9 Å². The first kappa shape index (κ1) is 32.7. The fourth-order valence-corrected chi connectivity index (χ4v) is 5.97. The molecular weight excluding hydrogens is 574 g/mol. The molecule has 3 aromatic rings. The Hall–Kier alpha value is -3.20. The molecule has 1 fully saturated rings. The van der Waals surface area contributed by atoms with Crippen LogP contribution in [0.2, 0.25) is 5.02 Å². The van der Waals surface area contributed by atoms with Gasteiger partial charge in [-0.2, -0.15) is 0 Å². The first-order chi connectivity index (χ1) is 20.3. The molecule has 5 rings (SSSR count). The molecule has 3 aromatic carbocycles. The number of halogens is 3. The Kier molecular flexibility index (Phi) is 10.4. The van der Waals surface area contributed by atoms with Crippen molar-refractivity contribution in [2.45, 2.75) is 77.0 Å². The van der Waals surface area contributed by atoms with Crippen LogP contribution in [0.15, 0.2) is 48.5 Å². The largest absolute Gasteiger partial charge is 0.488 e. The lowest BCUT2D eigenvalue weighted by Crippen LogP contribution is -2.29. The van der Waals surface area contributed by atoms with Crippen molar-refractivity contribution >= 4 is 17.5 Å². The van der Waals surface area contributed by atoms with E-state index in [1.807, 2.05) is 37.3 Å². The molecule has 1 amide bonds. The zero-order valence-corrected chi connectivity index (χ0v) is 26.1. The van der Waals surface area contributed by atoms with Crippen molar-refractivity contribution in [2.75, 3.05) is 13.7 Å². The highest BCUT2D eigenvalue weighted by Crippen LogP contribution is 2.54. The second kappa shape index (κ2) is 13.6. The molecule has 0 aromatic heterocycles. The number of amides is 1. The van der Waals surface area contributed by atoms with Gasteiger partial charge in [0.15, 0.2) is 11.6 Å². The summed E-state index contributed by atoms with van der Waals surface area (Å²) in [4.78, 5) is 12.2. The molecule has 9 heteroatoms. The maximum atomic E-state index is 15.8. The van der Waals surface area contributed by atoms with Crippen LogP contribution in [-0.4, -0.2) is 36.3 Å². The molecule has 4 N–H and O–H groups in total. The molecule has 1 unspecified atom stereocenters. The number of ether oxygens (including phenoxy) is 2. The maximum Gasteiger partial charge on any atom is 0.249 e. The van der Waals surface area contributed by atoms with Crippen LogP contribution in [0.3, 0.4) is 0 Å². The topological polar surface area (TPSA) is 93.8 Å². The number of benzene rings is 3. The summed E-state index contributed by atoms with van der Waals surface area (Å²) in [5, 5.41) is 12.9. The highest BCUT2D eigenvalue weighted by atomic mass is 35.5. The fourth-order valence-electron chi connectivity index (χ4n) is 5.72. The third-order valence-corrected chi connectivity index (χ3v) is 8.51. The Balaban J connectivity index is 0.000000403. The highest BCUT2D eigenvalue weighted by molar-refractivity contribution is 6.34. The maximum absolute atomic E-state index is 15.8. The van der Waals surface area contributed by atoms with Crippen molar-refractivity contribution < 1.29 is 28.2 Å². The molecule has 6 nitrogen and oxygen atoms in total. The number of rotatable bonds is 7. The predicted octanol–water partition coefficient (Wildman–Crippen LogP) is 7.56. The molecule has 1 saturated carbocycles. The third-order valence-electron chi connectivity index (χ3n) is 8.14. The Labute approximate surface area is 257 Å². The average Bonchev–Trinajstić information content (AvgIpc) is 3.29. The van der Waals surface area contributed by atoms with Crippen molar-refractivity contribution in [3.63, 3.8) is 0 Å². The van der Waals surface area contributed by atoms with Crippen molar-refractivity contribution in [1.82, 2.24) is 5.32 Å². The molecule has 0 spiro atoms. The van der Waals surface area contributed by atoms with E-state index in [0.29, 0.717) is 5.56 Å². The van der Waals surface area contributed by atoms with Crippen LogP contribution in [-0.2, 0) is 0 Å². The number of nitrogens with two attached hydrogens (primary N) is 1. The van der Waals surface area contributed by atoms with E-state index >= 15 is 4.39 Å². The van der Waals surface area contributed by atoms with Crippen LogP contribution in [0.25, 0.3) is 11.1 Å². The van der Waals surface area contributed by atoms with E-state index in [2.05, 4.69) is 19.3 Å². The third kappa shape index (κ3) is 7.48. The Bertz CT molecular complexity index is 1440. The van der Waals surface area contributed by atoms with Crippen molar-refractivity contribution in [3.8, 4) is 22.6 Å². The highest BCUT2D eigenvalue weighted by Gasteiger charge is 2.38. The van der Waals surface area contributed by atoms with Crippen LogP contribution in [0, 0.1) is 17.6 Å². The monoisotopic (exact) mass is 614 g/mol. The first-order valence-corrected chi connectivity index (χ1v) is 15.1. The van der Waals surface area contributed by atoms with Crippen LogP contribution in [0.5, 0.6) is 11.5 Å². The molecule has 1 aliphatic carbocycles. The second-order valence-electron chi connectivity index (χ2n) is 12.2. The molecular formula is C34H41ClF2N2O4. The number of primary amides is 1. The number of nitrogens with one attached hydrogen (secondary N) is 1. The lowest BCUT2D eigenvalue weighted by Gasteiger charge is -2.25. The van der Waals surface area contributed by atoms with Gasteiger partial charge in [-0.25, -0.2) is 8.78 Å². The minimum Gasteiger partial charge on any atom is -0.488 e. The summed E-state index contributed by atoms with van der Waals surface area (Å²) >= 11 is 6.39. The van der Waals surface area contributed by atoms with Gasteiger partial charge in [-0.3, -0.25) is 4.79 Å². The molecule has 1 heterocycles. The van der Waals surface area contributed by atoms with Gasteiger partial charge in [-0.15, -0.1) is 0 Å². The van der Waals surface area contributed by atoms with E-state index in [1.165, 1.54) is 51.7 Å². The second-order valence-corrected chi connectivity index (χ2v) is 12.6. The van der Waals surface area contributed by atoms with E-state index in [-0.39, 0.29) is 45.7 Å². The van der Waals surface area contributed by atoms with E-state index < -0.39 is 29.2 Å². The Morgan fingerprint density at radius 2 is 1.74 bits per heavy atom. The molecule has 0 bridgehead atoms. The van der Waals surface area contributed by atoms with Crippen LogP contribution < -0.4 is 20.5 Å². The first-order valence-electron chi connectivity index (χ1n) is 14.7. The summed E-state index contributed by atoms with van der Waals surface area (Å²) in [5.74, 6) is -2.08. The zero-order chi connectivity index (χ0) is 31.5. The quantitative estimate of drug-likeness (QED) is 0.255. The molecule has 232 valence electrons. The molecule has 0 radical (unpaired) electrons. The van der Waals surface area contributed by atoms with Gasteiger partial charge in [0.1, 0.15) is 24.3 Å². The van der Waals surface area contributed by atoms with Gasteiger partial charge in [0.25, 0.3) is 0 Å². The average molecular weight is 615 g/mol. The van der Waals surface area contributed by atoms with Gasteiger partial charge in [-0.05, 0) is 70.2 Å². The minimum atomic E-state index is -1.24. The summed E-state index contributed by atoms with van der Waals surface area (Å²) in [6.07, 6.45) is 5.15. The molecule has 2 aliphatic rings. The Morgan fingerprint density at radius 1 is 1.09 bits per heavy atom. The van der Waals surface area contributed by atoms with Crippen LogP contribution >= 0.6 is 11.6 Å². The lowest BCUT2D eigenvalue weighted by atomic mass is 9.85. The van der Waals surface area contributed by atoms with Gasteiger partial charge in [0.2, 0.25) is 5.91 Å².